The van der Waals surface area contributed by atoms with Gasteiger partial charge in [-0.05, 0) is 24.3 Å². The highest BCUT2D eigenvalue weighted by atomic mass is 35.5. The maximum absolute atomic E-state index is 11.5. The Morgan fingerprint density at radius 3 is 2.84 bits per heavy atom. The minimum Gasteiger partial charge on any atom is -0.492 e. The van der Waals surface area contributed by atoms with Crippen molar-refractivity contribution in [2.24, 2.45) is 0 Å². The van der Waals surface area contributed by atoms with Crippen LogP contribution in [0.25, 0.3) is 0 Å². The Hall–Kier alpha value is -2.01. The smallest absolute Gasteiger partial charge is 0.240 e. The lowest BCUT2D eigenvalue weighted by Gasteiger charge is -2.08. The first-order valence-electron chi connectivity index (χ1n) is 5.85. The molecule has 1 aromatic carbocycles. The van der Waals surface area contributed by atoms with E-state index in [1.165, 1.54) is 0 Å². The first-order chi connectivity index (χ1) is 9.24. The number of hydrogen-bond acceptors (Lipinski definition) is 3. The molecule has 1 amide bonds. The molecule has 0 spiro atoms. The lowest BCUT2D eigenvalue weighted by Crippen LogP contribution is -2.30. The lowest BCUT2D eigenvalue weighted by atomic mass is 10.3. The number of ether oxygens (including phenoxy) is 1. The topological polar surface area (TPSA) is 56.2 Å². The van der Waals surface area contributed by atoms with Crippen LogP contribution in [-0.4, -0.2) is 28.6 Å². The van der Waals surface area contributed by atoms with Crippen LogP contribution in [0.1, 0.15) is 0 Å². The van der Waals surface area contributed by atoms with Crippen molar-refractivity contribution in [3.63, 3.8) is 0 Å². The molecule has 1 N–H and O–H groups in total. The van der Waals surface area contributed by atoms with E-state index in [-0.39, 0.29) is 12.5 Å². The molecule has 0 unspecified atom stereocenters. The molecule has 0 radical (unpaired) electrons. The van der Waals surface area contributed by atoms with E-state index in [0.717, 1.165) is 5.75 Å². The summed E-state index contributed by atoms with van der Waals surface area (Å²) in [4.78, 5) is 15.4. The number of halogens is 1. The van der Waals surface area contributed by atoms with Gasteiger partial charge in [0.15, 0.2) is 0 Å². The van der Waals surface area contributed by atoms with Crippen molar-refractivity contribution in [3.05, 3.63) is 48.0 Å². The molecule has 19 heavy (non-hydrogen) atoms. The normalized spacial score (nSPS) is 10.2. The molecule has 100 valence electrons. The van der Waals surface area contributed by atoms with Crippen LogP contribution in [0.5, 0.6) is 5.75 Å². The maximum atomic E-state index is 11.5. The highest BCUT2D eigenvalue weighted by molar-refractivity contribution is 6.30. The molecule has 0 bridgehead atoms. The molecule has 0 aliphatic rings. The molecule has 0 fully saturated rings. The summed E-state index contributed by atoms with van der Waals surface area (Å²) < 4.78 is 7.16. The molecular weight excluding hydrogens is 266 g/mol. The van der Waals surface area contributed by atoms with Crippen molar-refractivity contribution in [1.82, 2.24) is 14.9 Å². The zero-order chi connectivity index (χ0) is 13.5. The van der Waals surface area contributed by atoms with E-state index in [1.807, 2.05) is 0 Å². The first-order valence-corrected chi connectivity index (χ1v) is 6.22. The van der Waals surface area contributed by atoms with Crippen molar-refractivity contribution >= 4 is 17.5 Å². The quantitative estimate of drug-likeness (QED) is 0.820. The number of nitrogens with one attached hydrogen (secondary N) is 1. The molecule has 1 heterocycles. The van der Waals surface area contributed by atoms with Crippen LogP contribution < -0.4 is 10.1 Å². The van der Waals surface area contributed by atoms with Crippen molar-refractivity contribution < 1.29 is 9.53 Å². The van der Waals surface area contributed by atoms with Gasteiger partial charge in [0.1, 0.15) is 18.9 Å². The molecule has 6 heteroatoms. The second-order valence-electron chi connectivity index (χ2n) is 3.89. The minimum absolute atomic E-state index is 0.0716. The van der Waals surface area contributed by atoms with E-state index in [4.69, 9.17) is 16.3 Å². The van der Waals surface area contributed by atoms with Gasteiger partial charge in [0.05, 0.1) is 12.9 Å². The van der Waals surface area contributed by atoms with Crippen LogP contribution in [0.3, 0.4) is 0 Å². The standard InChI is InChI=1S/C13H14ClN3O2/c14-11-1-3-12(4-2-11)19-8-6-16-13(18)9-17-7-5-15-10-17/h1-5,7,10H,6,8-9H2,(H,16,18). The molecule has 0 aliphatic heterocycles. The van der Waals surface area contributed by atoms with Gasteiger partial charge >= 0.3 is 0 Å². The fourth-order valence-corrected chi connectivity index (χ4v) is 1.62. The van der Waals surface area contributed by atoms with Crippen LogP contribution in [0.2, 0.25) is 5.02 Å². The van der Waals surface area contributed by atoms with E-state index in [2.05, 4.69) is 10.3 Å². The van der Waals surface area contributed by atoms with E-state index in [0.29, 0.717) is 18.2 Å². The number of amides is 1. The Bertz CT molecular complexity index is 511. The SMILES string of the molecule is O=C(Cn1ccnc1)NCCOc1ccc(Cl)cc1. The van der Waals surface area contributed by atoms with E-state index < -0.39 is 0 Å². The predicted molar refractivity (Wildman–Crippen MR) is 72.2 cm³/mol. The second-order valence-corrected chi connectivity index (χ2v) is 4.32. The van der Waals surface area contributed by atoms with Crippen LogP contribution in [-0.2, 0) is 11.3 Å². The summed E-state index contributed by atoms with van der Waals surface area (Å²) in [6, 6.07) is 7.09. The van der Waals surface area contributed by atoms with Crippen LogP contribution >= 0.6 is 11.6 Å². The number of carbonyl (C=O) groups is 1. The number of benzene rings is 1. The number of rotatable bonds is 6. The Morgan fingerprint density at radius 1 is 1.37 bits per heavy atom. The number of hydrogen-bond donors (Lipinski definition) is 1. The average molecular weight is 280 g/mol. The predicted octanol–water partition coefficient (Wildman–Crippen LogP) is 1.73. The van der Waals surface area contributed by atoms with Gasteiger partial charge in [-0.25, -0.2) is 4.98 Å². The van der Waals surface area contributed by atoms with E-state index in [9.17, 15) is 4.79 Å². The number of imidazole rings is 1. The summed E-state index contributed by atoms with van der Waals surface area (Å²) in [5.74, 6) is 0.658. The van der Waals surface area contributed by atoms with Crippen LogP contribution in [0, 0.1) is 0 Å². The zero-order valence-corrected chi connectivity index (χ0v) is 11.0. The van der Waals surface area contributed by atoms with Crippen LogP contribution in [0.15, 0.2) is 43.0 Å². The molecule has 1 aromatic heterocycles. The fraction of sp³-hybridized carbons (Fsp3) is 0.231. The number of nitrogens with zero attached hydrogens (tertiary/aromatic N) is 2. The first kappa shape index (κ1) is 13.4. The fourth-order valence-electron chi connectivity index (χ4n) is 1.49. The van der Waals surface area contributed by atoms with E-state index >= 15 is 0 Å². The molecule has 2 rings (SSSR count). The third-order valence-corrected chi connectivity index (χ3v) is 2.64. The highest BCUT2D eigenvalue weighted by Gasteiger charge is 2.01. The molecule has 0 saturated heterocycles. The Kier molecular flexibility index (Phi) is 4.80. The van der Waals surface area contributed by atoms with E-state index in [1.54, 1.807) is 47.6 Å². The molecule has 0 atom stereocenters. The van der Waals surface area contributed by atoms with Gasteiger partial charge in [0.25, 0.3) is 0 Å². The van der Waals surface area contributed by atoms with Gasteiger partial charge in [-0.2, -0.15) is 0 Å². The van der Waals surface area contributed by atoms with Crippen LogP contribution in [0.4, 0.5) is 0 Å². The summed E-state index contributed by atoms with van der Waals surface area (Å²) in [5.41, 5.74) is 0. The minimum atomic E-state index is -0.0716. The summed E-state index contributed by atoms with van der Waals surface area (Å²) >= 11 is 5.76. The molecule has 2 aromatic rings. The number of carbonyl (C=O) groups excluding carboxylic acids is 1. The molecule has 0 aliphatic carbocycles. The Morgan fingerprint density at radius 2 is 2.16 bits per heavy atom. The summed E-state index contributed by atoms with van der Waals surface area (Å²) in [6.07, 6.45) is 4.98. The lowest BCUT2D eigenvalue weighted by molar-refractivity contribution is -0.121. The molecule has 5 nitrogen and oxygen atoms in total. The zero-order valence-electron chi connectivity index (χ0n) is 10.3. The van der Waals surface area contributed by atoms with Crippen molar-refractivity contribution in [2.45, 2.75) is 6.54 Å². The van der Waals surface area contributed by atoms with Gasteiger partial charge in [-0.1, -0.05) is 11.6 Å². The monoisotopic (exact) mass is 279 g/mol. The van der Waals surface area contributed by atoms with Crippen molar-refractivity contribution in [1.29, 1.82) is 0 Å². The highest BCUT2D eigenvalue weighted by Crippen LogP contribution is 2.14. The van der Waals surface area contributed by atoms with Gasteiger partial charge in [-0.15, -0.1) is 0 Å². The molecular formula is C13H14ClN3O2. The average Bonchev–Trinajstić information content (AvgIpc) is 2.89. The number of aromatic nitrogens is 2. The Balaban J connectivity index is 1.64. The van der Waals surface area contributed by atoms with Gasteiger partial charge in [-0.3, -0.25) is 4.79 Å². The summed E-state index contributed by atoms with van der Waals surface area (Å²) in [7, 11) is 0. The maximum Gasteiger partial charge on any atom is 0.240 e. The summed E-state index contributed by atoms with van der Waals surface area (Å²) in [6.45, 7) is 1.13. The second kappa shape index (κ2) is 6.80. The van der Waals surface area contributed by atoms with Crippen molar-refractivity contribution in [2.75, 3.05) is 13.2 Å². The Labute approximate surface area is 116 Å². The third-order valence-electron chi connectivity index (χ3n) is 2.39. The largest absolute Gasteiger partial charge is 0.492 e. The van der Waals surface area contributed by atoms with Crippen molar-refractivity contribution in [3.8, 4) is 5.75 Å². The molecule has 0 saturated carbocycles. The van der Waals surface area contributed by atoms with Gasteiger partial charge in [0, 0.05) is 17.4 Å². The van der Waals surface area contributed by atoms with Gasteiger partial charge < -0.3 is 14.6 Å². The van der Waals surface area contributed by atoms with Gasteiger partial charge in [0.2, 0.25) is 5.91 Å². The summed E-state index contributed by atoms with van der Waals surface area (Å²) in [5, 5.41) is 3.43. The third kappa shape index (κ3) is 4.63.